The first kappa shape index (κ1) is 27.8. The van der Waals surface area contributed by atoms with Crippen LogP contribution in [0.4, 0.5) is 0 Å². The Morgan fingerprint density at radius 1 is 0.340 bits per heavy atom. The lowest BCUT2D eigenvalue weighted by molar-refractivity contribution is 1.51. The predicted octanol–water partition coefficient (Wildman–Crippen LogP) is 13.6. The summed E-state index contributed by atoms with van der Waals surface area (Å²) in [5, 5.41) is 7.82. The fourth-order valence-electron chi connectivity index (χ4n) is 7.42. The van der Waals surface area contributed by atoms with Gasteiger partial charge in [-0.25, -0.2) is 0 Å². The van der Waals surface area contributed by atoms with Crippen molar-refractivity contribution in [1.82, 2.24) is 0 Å². The summed E-state index contributed by atoms with van der Waals surface area (Å²) in [4.78, 5) is 0. The first-order valence-electron chi connectivity index (χ1n) is 16.3. The van der Waals surface area contributed by atoms with Gasteiger partial charge in [-0.2, -0.15) is 0 Å². The van der Waals surface area contributed by atoms with Crippen LogP contribution in [0.1, 0.15) is 11.1 Å². The first-order valence-corrected chi connectivity index (χ1v) is 17.1. The van der Waals surface area contributed by atoms with E-state index in [0.29, 0.717) is 0 Å². The molecule has 222 valence electrons. The highest BCUT2D eigenvalue weighted by Crippen LogP contribution is 2.49. The van der Waals surface area contributed by atoms with E-state index < -0.39 is 0 Å². The Balaban J connectivity index is 1.40. The number of hydrogen-bond acceptors (Lipinski definition) is 1. The van der Waals surface area contributed by atoms with Crippen molar-refractivity contribution in [1.29, 1.82) is 0 Å². The summed E-state index contributed by atoms with van der Waals surface area (Å²) in [5.74, 6) is 0. The van der Waals surface area contributed by atoms with Crippen molar-refractivity contribution in [3.05, 3.63) is 169 Å². The van der Waals surface area contributed by atoms with E-state index in [1.165, 1.54) is 97.4 Å². The molecule has 0 spiro atoms. The Labute approximate surface area is 279 Å². The maximum Gasteiger partial charge on any atom is 0.0434 e. The van der Waals surface area contributed by atoms with Gasteiger partial charge in [-0.1, -0.05) is 121 Å². The van der Waals surface area contributed by atoms with Crippen LogP contribution >= 0.6 is 11.3 Å². The van der Waals surface area contributed by atoms with Gasteiger partial charge in [0.05, 0.1) is 0 Å². The molecular formula is C46H32S. The topological polar surface area (TPSA) is 0 Å². The fraction of sp³-hybridized carbons (Fsp3) is 0.0435. The van der Waals surface area contributed by atoms with E-state index in [2.05, 4.69) is 172 Å². The van der Waals surface area contributed by atoms with Crippen molar-refractivity contribution in [2.75, 3.05) is 0 Å². The number of hydrogen-bond donors (Lipinski definition) is 0. The highest BCUT2D eigenvalue weighted by molar-refractivity contribution is 7.26. The maximum absolute atomic E-state index is 2.40. The standard InChI is InChI=1S/C46H32S/c1-29-21-22-43-40(23-29)41-24-30(2)25-42(46(41)47-43)45-38-19-11-9-17-36(38)44(37-18-10-12-20-39(37)45)35-27-33(31-13-5-3-6-14-31)26-34(28-35)32-15-7-4-8-16-32/h3-28H,1-2H3. The molecule has 0 N–H and O–H groups in total. The molecule has 0 amide bonds. The fourth-order valence-corrected chi connectivity index (χ4v) is 8.60. The van der Waals surface area contributed by atoms with Crippen LogP contribution < -0.4 is 0 Å². The molecule has 1 heterocycles. The molecule has 9 rings (SSSR count). The van der Waals surface area contributed by atoms with Crippen molar-refractivity contribution in [3.8, 4) is 44.5 Å². The van der Waals surface area contributed by atoms with Crippen LogP contribution in [-0.4, -0.2) is 0 Å². The average Bonchev–Trinajstić information content (AvgIpc) is 3.48. The van der Waals surface area contributed by atoms with Gasteiger partial charge in [0.2, 0.25) is 0 Å². The van der Waals surface area contributed by atoms with Crippen molar-refractivity contribution in [2.45, 2.75) is 13.8 Å². The smallest absolute Gasteiger partial charge is 0.0434 e. The Morgan fingerprint density at radius 2 is 0.830 bits per heavy atom. The summed E-state index contributed by atoms with van der Waals surface area (Å²) in [6, 6.07) is 58.3. The zero-order valence-electron chi connectivity index (χ0n) is 26.4. The Hall–Kier alpha value is -5.50. The predicted molar refractivity (Wildman–Crippen MR) is 206 cm³/mol. The molecular weight excluding hydrogens is 585 g/mol. The molecule has 1 aromatic heterocycles. The third-order valence-electron chi connectivity index (χ3n) is 9.51. The van der Waals surface area contributed by atoms with Gasteiger partial charge in [0.1, 0.15) is 0 Å². The molecule has 1 heteroatoms. The normalized spacial score (nSPS) is 11.6. The van der Waals surface area contributed by atoms with Gasteiger partial charge >= 0.3 is 0 Å². The number of aryl methyl sites for hydroxylation is 2. The minimum absolute atomic E-state index is 1.22. The Morgan fingerprint density at radius 3 is 1.40 bits per heavy atom. The van der Waals surface area contributed by atoms with Crippen molar-refractivity contribution in [3.63, 3.8) is 0 Å². The molecule has 0 saturated heterocycles. The molecule has 47 heavy (non-hydrogen) atoms. The molecule has 0 aliphatic heterocycles. The quantitative estimate of drug-likeness (QED) is 0.173. The van der Waals surface area contributed by atoms with Gasteiger partial charge < -0.3 is 0 Å². The summed E-state index contributed by atoms with van der Waals surface area (Å²) in [7, 11) is 0. The second-order valence-electron chi connectivity index (χ2n) is 12.7. The van der Waals surface area contributed by atoms with E-state index in [1.54, 1.807) is 0 Å². The highest BCUT2D eigenvalue weighted by atomic mass is 32.1. The second kappa shape index (κ2) is 11.1. The van der Waals surface area contributed by atoms with Gasteiger partial charge in [0.15, 0.2) is 0 Å². The molecule has 0 radical (unpaired) electrons. The van der Waals surface area contributed by atoms with Gasteiger partial charge in [-0.15, -0.1) is 11.3 Å². The van der Waals surface area contributed by atoms with E-state index >= 15 is 0 Å². The van der Waals surface area contributed by atoms with Crippen LogP contribution in [0.5, 0.6) is 0 Å². The van der Waals surface area contributed by atoms with Crippen LogP contribution in [-0.2, 0) is 0 Å². The van der Waals surface area contributed by atoms with E-state index in [9.17, 15) is 0 Å². The van der Waals surface area contributed by atoms with E-state index in [0.717, 1.165) is 0 Å². The van der Waals surface area contributed by atoms with Gasteiger partial charge in [0.25, 0.3) is 0 Å². The summed E-state index contributed by atoms with van der Waals surface area (Å²) < 4.78 is 2.70. The molecule has 8 aromatic carbocycles. The van der Waals surface area contributed by atoms with Crippen LogP contribution in [0, 0.1) is 13.8 Å². The summed E-state index contributed by atoms with van der Waals surface area (Å²) >= 11 is 1.92. The molecule has 0 aliphatic rings. The Bertz CT molecular complexity index is 2510. The van der Waals surface area contributed by atoms with Crippen LogP contribution in [0.3, 0.4) is 0 Å². The lowest BCUT2D eigenvalue weighted by Crippen LogP contribution is -1.93. The first-order chi connectivity index (χ1) is 23.1. The van der Waals surface area contributed by atoms with Gasteiger partial charge in [-0.05, 0) is 122 Å². The Kier molecular flexibility index (Phi) is 6.55. The van der Waals surface area contributed by atoms with Crippen LogP contribution in [0.25, 0.3) is 86.2 Å². The molecule has 0 nitrogen and oxygen atoms in total. The lowest BCUT2D eigenvalue weighted by atomic mass is 9.84. The molecule has 0 atom stereocenters. The molecule has 0 bridgehead atoms. The monoisotopic (exact) mass is 616 g/mol. The van der Waals surface area contributed by atoms with Crippen LogP contribution in [0.2, 0.25) is 0 Å². The van der Waals surface area contributed by atoms with Gasteiger partial charge in [-0.3, -0.25) is 0 Å². The van der Waals surface area contributed by atoms with E-state index in [4.69, 9.17) is 0 Å². The van der Waals surface area contributed by atoms with E-state index in [-0.39, 0.29) is 0 Å². The maximum atomic E-state index is 2.40. The molecule has 9 aromatic rings. The number of rotatable bonds is 4. The molecule has 0 unspecified atom stereocenters. The average molecular weight is 617 g/mol. The minimum Gasteiger partial charge on any atom is -0.135 e. The lowest BCUT2D eigenvalue weighted by Gasteiger charge is -2.20. The largest absolute Gasteiger partial charge is 0.135 e. The highest BCUT2D eigenvalue weighted by Gasteiger charge is 2.20. The van der Waals surface area contributed by atoms with Gasteiger partial charge in [0, 0.05) is 25.7 Å². The number of fused-ring (bicyclic) bond motifs is 5. The zero-order chi connectivity index (χ0) is 31.5. The number of thiophene rings is 1. The van der Waals surface area contributed by atoms with Crippen molar-refractivity contribution < 1.29 is 0 Å². The summed E-state index contributed by atoms with van der Waals surface area (Å²) in [5.41, 5.74) is 12.6. The third-order valence-corrected chi connectivity index (χ3v) is 10.7. The number of benzene rings is 8. The molecule has 0 fully saturated rings. The van der Waals surface area contributed by atoms with Crippen molar-refractivity contribution >= 4 is 53.1 Å². The summed E-state index contributed by atoms with van der Waals surface area (Å²) in [6.45, 7) is 4.43. The summed E-state index contributed by atoms with van der Waals surface area (Å²) in [6.07, 6.45) is 0. The van der Waals surface area contributed by atoms with E-state index in [1.807, 2.05) is 11.3 Å². The minimum atomic E-state index is 1.22. The van der Waals surface area contributed by atoms with Crippen LogP contribution in [0.15, 0.2) is 158 Å². The third kappa shape index (κ3) is 4.66. The molecule has 0 aliphatic carbocycles. The van der Waals surface area contributed by atoms with Crippen molar-refractivity contribution in [2.24, 2.45) is 0 Å². The zero-order valence-corrected chi connectivity index (χ0v) is 27.2. The second-order valence-corrected chi connectivity index (χ2v) is 13.7. The molecule has 0 saturated carbocycles. The SMILES string of the molecule is Cc1ccc2sc3c(-c4c5ccccc5c(-c5cc(-c6ccccc6)cc(-c6ccccc6)c5)c5ccccc45)cc(C)cc3c2c1.